The van der Waals surface area contributed by atoms with E-state index in [9.17, 15) is 0 Å². The summed E-state index contributed by atoms with van der Waals surface area (Å²) in [5.74, 6) is 1.40. The summed E-state index contributed by atoms with van der Waals surface area (Å²) in [6.45, 7) is 10.2. The highest BCUT2D eigenvalue weighted by molar-refractivity contribution is 6.31. The van der Waals surface area contributed by atoms with Gasteiger partial charge < -0.3 is 4.52 Å². The molecule has 124 valence electrons. The maximum Gasteiger partial charge on any atom is 0.243 e. The molecule has 0 spiro atoms. The fourth-order valence-corrected chi connectivity index (χ4v) is 3.46. The summed E-state index contributed by atoms with van der Waals surface area (Å²) >= 11 is 6.34. The van der Waals surface area contributed by atoms with Crippen molar-refractivity contribution in [3.8, 4) is 0 Å². The monoisotopic (exact) mass is 334 g/mol. The molecule has 0 bridgehead atoms. The highest BCUT2D eigenvalue weighted by atomic mass is 35.5. The first-order chi connectivity index (χ1) is 11.1. The first-order valence-electron chi connectivity index (χ1n) is 8.09. The van der Waals surface area contributed by atoms with Gasteiger partial charge in [0.2, 0.25) is 5.89 Å². The van der Waals surface area contributed by atoms with Crippen molar-refractivity contribution in [2.45, 2.75) is 32.9 Å². The van der Waals surface area contributed by atoms with E-state index in [0.29, 0.717) is 17.8 Å². The molecule has 0 aliphatic carbocycles. The third-order valence-corrected chi connectivity index (χ3v) is 5.04. The molecule has 6 heteroatoms. The van der Waals surface area contributed by atoms with Gasteiger partial charge in [0, 0.05) is 37.2 Å². The summed E-state index contributed by atoms with van der Waals surface area (Å²) in [6.07, 6.45) is 0. The van der Waals surface area contributed by atoms with Crippen LogP contribution >= 0.6 is 11.6 Å². The van der Waals surface area contributed by atoms with Crippen molar-refractivity contribution in [3.63, 3.8) is 0 Å². The van der Waals surface area contributed by atoms with Gasteiger partial charge in [0.1, 0.15) is 0 Å². The molecule has 1 saturated heterocycles. The molecule has 1 aromatic carbocycles. The van der Waals surface area contributed by atoms with Crippen LogP contribution in [0.5, 0.6) is 0 Å². The maximum absolute atomic E-state index is 6.34. The van der Waals surface area contributed by atoms with Gasteiger partial charge in [-0.15, -0.1) is 0 Å². The second-order valence-electron chi connectivity index (χ2n) is 6.13. The van der Waals surface area contributed by atoms with E-state index in [-0.39, 0.29) is 6.04 Å². The van der Waals surface area contributed by atoms with Crippen LogP contribution in [0.25, 0.3) is 0 Å². The largest absolute Gasteiger partial charge is 0.338 e. The predicted molar refractivity (Wildman–Crippen MR) is 90.5 cm³/mol. The number of rotatable bonds is 4. The van der Waals surface area contributed by atoms with E-state index in [0.717, 1.165) is 31.2 Å². The smallest absolute Gasteiger partial charge is 0.243 e. The van der Waals surface area contributed by atoms with Crippen LogP contribution in [0.15, 0.2) is 28.8 Å². The van der Waals surface area contributed by atoms with E-state index in [4.69, 9.17) is 16.1 Å². The van der Waals surface area contributed by atoms with E-state index < -0.39 is 0 Å². The van der Waals surface area contributed by atoms with Gasteiger partial charge in [0.05, 0.1) is 6.04 Å². The third-order valence-electron chi connectivity index (χ3n) is 4.70. The zero-order valence-corrected chi connectivity index (χ0v) is 14.6. The highest BCUT2D eigenvalue weighted by Gasteiger charge is 2.28. The molecule has 0 amide bonds. The zero-order valence-electron chi connectivity index (χ0n) is 13.9. The molecule has 23 heavy (non-hydrogen) atoms. The lowest BCUT2D eigenvalue weighted by molar-refractivity contribution is 0.0678. The molecule has 2 unspecified atom stereocenters. The Morgan fingerprint density at radius 3 is 2.22 bits per heavy atom. The van der Waals surface area contributed by atoms with E-state index in [2.05, 4.69) is 39.9 Å². The summed E-state index contributed by atoms with van der Waals surface area (Å²) in [6, 6.07) is 8.59. The third kappa shape index (κ3) is 3.57. The van der Waals surface area contributed by atoms with Crippen molar-refractivity contribution in [1.82, 2.24) is 19.9 Å². The molecule has 1 aliphatic rings. The number of aryl methyl sites for hydroxylation is 1. The van der Waals surface area contributed by atoms with Gasteiger partial charge in [-0.2, -0.15) is 4.98 Å². The number of piperazine rings is 1. The van der Waals surface area contributed by atoms with Crippen molar-refractivity contribution in [3.05, 3.63) is 46.6 Å². The maximum atomic E-state index is 6.34. The fourth-order valence-electron chi connectivity index (χ4n) is 3.16. The Kier molecular flexibility index (Phi) is 4.99. The summed E-state index contributed by atoms with van der Waals surface area (Å²) < 4.78 is 5.30. The molecular weight excluding hydrogens is 312 g/mol. The quantitative estimate of drug-likeness (QED) is 0.856. The van der Waals surface area contributed by atoms with E-state index >= 15 is 0 Å². The summed E-state index contributed by atoms with van der Waals surface area (Å²) in [7, 11) is 0. The second-order valence-corrected chi connectivity index (χ2v) is 6.53. The molecule has 3 rings (SSSR count). The first-order valence-corrected chi connectivity index (χ1v) is 8.47. The minimum atomic E-state index is 0.161. The highest BCUT2D eigenvalue weighted by Crippen LogP contribution is 2.29. The van der Waals surface area contributed by atoms with Crippen LogP contribution in [-0.2, 0) is 0 Å². The van der Waals surface area contributed by atoms with Crippen LogP contribution in [0.2, 0.25) is 5.02 Å². The Hall–Kier alpha value is -1.43. The summed E-state index contributed by atoms with van der Waals surface area (Å²) in [5.41, 5.74) is 1.20. The van der Waals surface area contributed by atoms with Crippen LogP contribution in [0.4, 0.5) is 0 Å². The normalized spacial score (nSPS) is 19.7. The number of nitrogens with zero attached hydrogens (tertiary/aromatic N) is 4. The molecule has 2 heterocycles. The Morgan fingerprint density at radius 2 is 1.65 bits per heavy atom. The molecule has 0 N–H and O–H groups in total. The lowest BCUT2D eigenvalue weighted by atomic mass is 10.1. The SMILES string of the molecule is Cc1noc(C(C)N2CCN(C(C)c3ccccc3Cl)CC2)n1. The molecule has 5 nitrogen and oxygen atoms in total. The van der Waals surface area contributed by atoms with Gasteiger partial charge in [-0.05, 0) is 32.4 Å². The van der Waals surface area contributed by atoms with Gasteiger partial charge in [0.25, 0.3) is 0 Å². The number of halogens is 1. The fraction of sp³-hybridized carbons (Fsp3) is 0.529. The average molecular weight is 335 g/mol. The lowest BCUT2D eigenvalue weighted by Crippen LogP contribution is -2.47. The molecule has 2 atom stereocenters. The predicted octanol–water partition coefficient (Wildman–Crippen LogP) is 3.47. The van der Waals surface area contributed by atoms with Crippen molar-refractivity contribution in [2.24, 2.45) is 0 Å². The number of hydrogen-bond acceptors (Lipinski definition) is 5. The topological polar surface area (TPSA) is 45.4 Å². The summed E-state index contributed by atoms with van der Waals surface area (Å²) in [4.78, 5) is 9.22. The molecule has 0 radical (unpaired) electrons. The van der Waals surface area contributed by atoms with E-state index in [1.54, 1.807) is 0 Å². The minimum absolute atomic E-state index is 0.161. The van der Waals surface area contributed by atoms with Gasteiger partial charge in [-0.25, -0.2) is 0 Å². The van der Waals surface area contributed by atoms with E-state index in [1.807, 2.05) is 25.1 Å². The van der Waals surface area contributed by atoms with Crippen LogP contribution in [0.3, 0.4) is 0 Å². The van der Waals surface area contributed by atoms with Crippen molar-refractivity contribution >= 4 is 11.6 Å². The van der Waals surface area contributed by atoms with Gasteiger partial charge >= 0.3 is 0 Å². The van der Waals surface area contributed by atoms with E-state index in [1.165, 1.54) is 5.56 Å². The average Bonchev–Trinajstić information content (AvgIpc) is 3.01. The Balaban J connectivity index is 1.61. The first kappa shape index (κ1) is 16.4. The van der Waals surface area contributed by atoms with Crippen molar-refractivity contribution < 1.29 is 4.52 Å². The number of benzene rings is 1. The standard InChI is InChI=1S/C17H23ClN4O/c1-12(15-6-4-5-7-16(15)18)21-8-10-22(11-9-21)13(2)17-19-14(3)20-23-17/h4-7,12-13H,8-11H2,1-3H3. The van der Waals surface area contributed by atoms with Crippen LogP contribution < -0.4 is 0 Å². The molecule has 1 aliphatic heterocycles. The van der Waals surface area contributed by atoms with Crippen LogP contribution in [0, 0.1) is 6.92 Å². The van der Waals surface area contributed by atoms with Gasteiger partial charge in [-0.1, -0.05) is 35.0 Å². The number of hydrogen-bond donors (Lipinski definition) is 0. The minimum Gasteiger partial charge on any atom is -0.338 e. The van der Waals surface area contributed by atoms with Gasteiger partial charge in [-0.3, -0.25) is 9.80 Å². The zero-order chi connectivity index (χ0) is 16.4. The Morgan fingerprint density at radius 1 is 1.04 bits per heavy atom. The molecule has 0 saturated carbocycles. The van der Waals surface area contributed by atoms with Crippen molar-refractivity contribution in [2.75, 3.05) is 26.2 Å². The second kappa shape index (κ2) is 6.99. The lowest BCUT2D eigenvalue weighted by Gasteiger charge is -2.40. The molecule has 2 aromatic rings. The molecule has 1 fully saturated rings. The van der Waals surface area contributed by atoms with Crippen LogP contribution in [-0.4, -0.2) is 46.1 Å². The molecule has 1 aromatic heterocycles. The Labute approximate surface area is 142 Å². The summed E-state index contributed by atoms with van der Waals surface area (Å²) in [5, 5.41) is 4.73. The van der Waals surface area contributed by atoms with Gasteiger partial charge in [0.15, 0.2) is 5.82 Å². The number of aromatic nitrogens is 2. The molecular formula is C17H23ClN4O. The van der Waals surface area contributed by atoms with Crippen molar-refractivity contribution in [1.29, 1.82) is 0 Å². The van der Waals surface area contributed by atoms with Crippen LogP contribution in [0.1, 0.15) is 43.2 Å². The Bertz CT molecular complexity index is 652.